The maximum atomic E-state index is 5.35. The second-order valence-corrected chi connectivity index (χ2v) is 10.8. The van der Waals surface area contributed by atoms with Gasteiger partial charge in [-0.2, -0.15) is 0 Å². The fourth-order valence-electron chi connectivity index (χ4n) is 6.14. The number of furan rings is 1. The number of hydrogen-bond acceptors (Lipinski definition) is 4. The third-order valence-corrected chi connectivity index (χ3v) is 8.20. The number of allylic oxidation sites excluding steroid dienone is 1. The molecule has 4 aromatic heterocycles. The zero-order valence-corrected chi connectivity index (χ0v) is 21.8. The molecule has 5 heteroatoms. The maximum Gasteiger partial charge on any atom is 0.0981 e. The van der Waals surface area contributed by atoms with Crippen molar-refractivity contribution < 1.29 is 4.42 Å². The topological polar surface area (TPSA) is 58.0 Å². The summed E-state index contributed by atoms with van der Waals surface area (Å²) in [5, 5.41) is 1.16. The van der Waals surface area contributed by atoms with Crippen molar-refractivity contribution in [3.63, 3.8) is 0 Å². The van der Waals surface area contributed by atoms with Gasteiger partial charge in [-0.15, -0.1) is 0 Å². The van der Waals surface area contributed by atoms with Crippen LogP contribution >= 0.6 is 0 Å². The number of aromatic amines is 1. The average Bonchev–Trinajstić information content (AvgIpc) is 3.64. The summed E-state index contributed by atoms with van der Waals surface area (Å²) in [7, 11) is 0. The van der Waals surface area contributed by atoms with E-state index in [2.05, 4.69) is 63.2 Å². The second kappa shape index (κ2) is 9.73. The van der Waals surface area contributed by atoms with E-state index in [0.717, 1.165) is 40.7 Å². The first kappa shape index (κ1) is 23.2. The number of rotatable bonds is 5. The number of aromatic nitrogens is 3. The minimum Gasteiger partial charge on any atom is -0.472 e. The fraction of sp³-hybridized carbons (Fsp3) is 0.273. The van der Waals surface area contributed by atoms with Gasteiger partial charge in [0.2, 0.25) is 0 Å². The smallest absolute Gasteiger partial charge is 0.0981 e. The molecule has 0 bridgehead atoms. The largest absolute Gasteiger partial charge is 0.472 e. The lowest BCUT2D eigenvalue weighted by molar-refractivity contribution is 0.220. The van der Waals surface area contributed by atoms with Gasteiger partial charge in [-0.3, -0.25) is 14.9 Å². The molecule has 0 unspecified atom stereocenters. The minimum atomic E-state index is 0.485. The SMILES string of the molecule is C[C@@H]1CC=C(c2cc3c(-c4ccoc4)cncc3[nH]2)c2cc(-c3cncc(CN4CCCCC4)c3)ccc21. The van der Waals surface area contributed by atoms with Crippen molar-refractivity contribution >= 4 is 16.5 Å². The summed E-state index contributed by atoms with van der Waals surface area (Å²) in [6, 6.07) is 13.5. The highest BCUT2D eigenvalue weighted by Gasteiger charge is 2.22. The quantitative estimate of drug-likeness (QED) is 0.267. The Morgan fingerprint density at radius 2 is 1.79 bits per heavy atom. The Morgan fingerprint density at radius 1 is 0.895 bits per heavy atom. The summed E-state index contributed by atoms with van der Waals surface area (Å²) in [6.07, 6.45) is 18.7. The highest BCUT2D eigenvalue weighted by molar-refractivity contribution is 5.98. The van der Waals surface area contributed by atoms with Crippen LogP contribution in [0.5, 0.6) is 0 Å². The molecule has 1 atom stereocenters. The first-order valence-electron chi connectivity index (χ1n) is 13.7. The van der Waals surface area contributed by atoms with E-state index in [-0.39, 0.29) is 0 Å². The standard InChI is InChI=1S/C33H32N4O/c1-22-5-7-28(32-15-30-31(25-9-12-38-21-25)18-35-19-33(30)36-32)29-14-24(6-8-27(22)29)26-13-23(16-34-17-26)20-37-10-3-2-4-11-37/h6-9,12-19,21-22,36H,2-5,10-11,20H2,1H3/t22-/m1/s1. The summed E-state index contributed by atoms with van der Waals surface area (Å²) < 4.78 is 5.35. The van der Waals surface area contributed by atoms with Gasteiger partial charge in [-0.1, -0.05) is 31.6 Å². The van der Waals surface area contributed by atoms with Crippen molar-refractivity contribution in [2.24, 2.45) is 0 Å². The van der Waals surface area contributed by atoms with Crippen molar-refractivity contribution in [1.29, 1.82) is 0 Å². The van der Waals surface area contributed by atoms with Gasteiger partial charge >= 0.3 is 0 Å². The minimum absolute atomic E-state index is 0.485. The summed E-state index contributed by atoms with van der Waals surface area (Å²) in [5.41, 5.74) is 11.9. The fourth-order valence-corrected chi connectivity index (χ4v) is 6.14. The van der Waals surface area contributed by atoms with E-state index in [1.807, 2.05) is 30.9 Å². The number of likely N-dealkylation sites (tertiary alicyclic amines) is 1. The summed E-state index contributed by atoms with van der Waals surface area (Å²) in [4.78, 5) is 15.3. The van der Waals surface area contributed by atoms with E-state index in [9.17, 15) is 0 Å². The molecule has 1 aromatic carbocycles. The van der Waals surface area contributed by atoms with E-state index in [4.69, 9.17) is 4.42 Å². The van der Waals surface area contributed by atoms with Crippen LogP contribution in [-0.2, 0) is 6.54 Å². The number of benzene rings is 1. The zero-order chi connectivity index (χ0) is 25.5. The first-order valence-corrected chi connectivity index (χ1v) is 13.7. The van der Waals surface area contributed by atoms with Crippen LogP contribution in [0.15, 0.2) is 84.2 Å². The molecule has 5 heterocycles. The van der Waals surface area contributed by atoms with Crippen molar-refractivity contribution in [2.75, 3.05) is 13.1 Å². The predicted octanol–water partition coefficient (Wildman–Crippen LogP) is 7.81. The Labute approximate surface area is 223 Å². The number of nitrogens with one attached hydrogen (secondary N) is 1. The normalized spacial score (nSPS) is 17.9. The van der Waals surface area contributed by atoms with Crippen LogP contribution < -0.4 is 0 Å². The monoisotopic (exact) mass is 500 g/mol. The lowest BCUT2D eigenvalue weighted by Gasteiger charge is -2.26. The van der Waals surface area contributed by atoms with Gasteiger partial charge in [-0.25, -0.2) is 0 Å². The molecule has 1 aliphatic carbocycles. The summed E-state index contributed by atoms with van der Waals surface area (Å²) >= 11 is 0. The summed E-state index contributed by atoms with van der Waals surface area (Å²) in [5.74, 6) is 0.485. The van der Waals surface area contributed by atoms with Gasteiger partial charge in [0.05, 0.1) is 24.2 Å². The number of nitrogens with zero attached hydrogens (tertiary/aromatic N) is 3. The van der Waals surface area contributed by atoms with Gasteiger partial charge in [-0.05, 0) is 84.8 Å². The number of piperidine rings is 1. The van der Waals surface area contributed by atoms with Crippen LogP contribution in [0.3, 0.4) is 0 Å². The Kier molecular flexibility index (Phi) is 5.94. The molecule has 0 spiro atoms. The molecular weight excluding hydrogens is 468 g/mol. The molecule has 0 saturated carbocycles. The number of hydrogen-bond donors (Lipinski definition) is 1. The van der Waals surface area contributed by atoms with E-state index >= 15 is 0 Å². The second-order valence-electron chi connectivity index (χ2n) is 10.8. The van der Waals surface area contributed by atoms with Crippen molar-refractivity contribution in [1.82, 2.24) is 19.9 Å². The van der Waals surface area contributed by atoms with Crippen LogP contribution in [-0.4, -0.2) is 32.9 Å². The molecule has 0 radical (unpaired) electrons. The molecule has 1 saturated heterocycles. The Hall–Kier alpha value is -3.96. The van der Waals surface area contributed by atoms with Gasteiger partial charge in [0.25, 0.3) is 0 Å². The van der Waals surface area contributed by atoms with Crippen molar-refractivity contribution in [3.05, 3.63) is 102 Å². The zero-order valence-electron chi connectivity index (χ0n) is 21.8. The molecule has 0 amide bonds. The molecule has 38 heavy (non-hydrogen) atoms. The van der Waals surface area contributed by atoms with Gasteiger partial charge in [0, 0.05) is 58.5 Å². The molecule has 1 fully saturated rings. The third kappa shape index (κ3) is 4.27. The highest BCUT2D eigenvalue weighted by Crippen LogP contribution is 2.41. The third-order valence-electron chi connectivity index (χ3n) is 8.20. The van der Waals surface area contributed by atoms with E-state index in [1.54, 1.807) is 12.5 Å². The molecule has 1 aliphatic heterocycles. The highest BCUT2D eigenvalue weighted by atomic mass is 16.3. The van der Waals surface area contributed by atoms with E-state index in [0.29, 0.717) is 5.92 Å². The Balaban J connectivity index is 1.26. The first-order chi connectivity index (χ1) is 18.7. The Bertz CT molecular complexity index is 1620. The molecule has 1 N–H and O–H groups in total. The lowest BCUT2D eigenvalue weighted by atomic mass is 9.81. The van der Waals surface area contributed by atoms with E-state index in [1.165, 1.54) is 65.7 Å². The molecule has 7 rings (SSSR count). The van der Waals surface area contributed by atoms with Crippen LogP contribution in [0.4, 0.5) is 0 Å². The molecule has 5 nitrogen and oxygen atoms in total. The molecule has 190 valence electrons. The molecule has 5 aromatic rings. The van der Waals surface area contributed by atoms with Crippen LogP contribution in [0, 0.1) is 0 Å². The van der Waals surface area contributed by atoms with Crippen LogP contribution in [0.1, 0.15) is 60.9 Å². The van der Waals surface area contributed by atoms with Crippen molar-refractivity contribution in [3.8, 4) is 22.3 Å². The van der Waals surface area contributed by atoms with Crippen molar-refractivity contribution in [2.45, 2.75) is 45.1 Å². The van der Waals surface area contributed by atoms with Crippen LogP contribution in [0.25, 0.3) is 38.7 Å². The molecule has 2 aliphatic rings. The Morgan fingerprint density at radius 3 is 2.66 bits per heavy atom. The number of fused-ring (bicyclic) bond motifs is 2. The summed E-state index contributed by atoms with van der Waals surface area (Å²) in [6.45, 7) is 5.68. The van der Waals surface area contributed by atoms with Gasteiger partial charge in [0.1, 0.15) is 0 Å². The average molecular weight is 501 g/mol. The number of pyridine rings is 2. The maximum absolute atomic E-state index is 5.35. The predicted molar refractivity (Wildman–Crippen MR) is 153 cm³/mol. The molecular formula is C33H32N4O. The van der Waals surface area contributed by atoms with E-state index < -0.39 is 0 Å². The van der Waals surface area contributed by atoms with Crippen LogP contribution in [0.2, 0.25) is 0 Å². The lowest BCUT2D eigenvalue weighted by Crippen LogP contribution is -2.29. The van der Waals surface area contributed by atoms with Gasteiger partial charge in [0.15, 0.2) is 0 Å². The van der Waals surface area contributed by atoms with Gasteiger partial charge < -0.3 is 9.40 Å². The number of H-pyrrole nitrogens is 1.